The number of nitrogen functional groups attached to an aromatic ring is 1. The highest BCUT2D eigenvalue weighted by atomic mass is 79.9. The van der Waals surface area contributed by atoms with Crippen LogP contribution >= 0.6 is 15.9 Å². The Morgan fingerprint density at radius 1 is 1.50 bits per heavy atom. The number of pyridine rings is 1. The molecule has 66 valence electrons. The molecule has 2 N–H and O–H groups in total. The van der Waals surface area contributed by atoms with Gasteiger partial charge in [-0.15, -0.1) is 0 Å². The second kappa shape index (κ2) is 3.66. The lowest BCUT2D eigenvalue weighted by Crippen LogP contribution is -2.05. The van der Waals surface area contributed by atoms with Crippen LogP contribution in [0.15, 0.2) is 16.6 Å². The molecule has 0 saturated heterocycles. The Morgan fingerprint density at radius 3 is 2.75 bits per heavy atom. The Labute approximate surface area is 75.7 Å². The molecular formula is C6H5BrF2N2O. The smallest absolute Gasteiger partial charge is 0.388 e. The van der Waals surface area contributed by atoms with Crippen molar-refractivity contribution >= 4 is 21.7 Å². The highest BCUT2D eigenvalue weighted by molar-refractivity contribution is 9.10. The molecule has 0 aliphatic carbocycles. The van der Waals surface area contributed by atoms with Gasteiger partial charge in [-0.3, -0.25) is 0 Å². The first-order valence-corrected chi connectivity index (χ1v) is 3.75. The fourth-order valence-electron chi connectivity index (χ4n) is 0.605. The third kappa shape index (κ3) is 2.30. The minimum Gasteiger partial charge on any atom is -0.416 e. The van der Waals surface area contributed by atoms with E-state index < -0.39 is 6.61 Å². The summed E-state index contributed by atoms with van der Waals surface area (Å²) in [4.78, 5) is 3.54. The highest BCUT2D eigenvalue weighted by Crippen LogP contribution is 2.24. The van der Waals surface area contributed by atoms with Gasteiger partial charge in [-0.1, -0.05) is 0 Å². The Hall–Kier alpha value is -0.910. The van der Waals surface area contributed by atoms with Crippen molar-refractivity contribution < 1.29 is 13.5 Å². The molecule has 0 saturated carbocycles. The molecule has 3 nitrogen and oxygen atoms in total. The number of hydrogen-bond donors (Lipinski definition) is 1. The summed E-state index contributed by atoms with van der Waals surface area (Å²) in [7, 11) is 0. The maximum Gasteiger partial charge on any atom is 0.388 e. The van der Waals surface area contributed by atoms with Crippen molar-refractivity contribution in [3.05, 3.63) is 16.6 Å². The molecule has 1 heterocycles. The molecule has 0 aromatic carbocycles. The van der Waals surface area contributed by atoms with Crippen molar-refractivity contribution in [3.63, 3.8) is 0 Å². The topological polar surface area (TPSA) is 48.1 Å². The molecule has 0 aliphatic rings. The second-order valence-corrected chi connectivity index (χ2v) is 2.76. The van der Waals surface area contributed by atoms with E-state index in [1.54, 1.807) is 0 Å². The fraction of sp³-hybridized carbons (Fsp3) is 0.167. The van der Waals surface area contributed by atoms with Crippen molar-refractivity contribution in [2.75, 3.05) is 5.73 Å². The predicted molar refractivity (Wildman–Crippen MR) is 43.0 cm³/mol. The molecular weight excluding hydrogens is 234 g/mol. The molecule has 0 radical (unpaired) electrons. The lowest BCUT2D eigenvalue weighted by Gasteiger charge is -2.05. The average molecular weight is 239 g/mol. The van der Waals surface area contributed by atoms with Gasteiger partial charge in [0.2, 0.25) is 5.88 Å². The number of ether oxygens (including phenoxy) is 1. The summed E-state index contributed by atoms with van der Waals surface area (Å²) >= 11 is 2.98. The Bertz CT molecular complexity index is 282. The lowest BCUT2D eigenvalue weighted by molar-refractivity contribution is -0.0532. The number of alkyl halides is 2. The largest absolute Gasteiger partial charge is 0.416 e. The molecule has 0 aliphatic heterocycles. The SMILES string of the molecule is Nc1ccc(Br)c(OC(F)F)n1. The second-order valence-electron chi connectivity index (χ2n) is 1.90. The molecule has 12 heavy (non-hydrogen) atoms. The lowest BCUT2D eigenvalue weighted by atomic mass is 10.4. The van der Waals surface area contributed by atoms with Gasteiger partial charge in [-0.25, -0.2) is 0 Å². The van der Waals surface area contributed by atoms with Crippen LogP contribution in [0.1, 0.15) is 0 Å². The molecule has 0 spiro atoms. The molecule has 0 amide bonds. The quantitative estimate of drug-likeness (QED) is 0.858. The molecule has 0 atom stereocenters. The Balaban J connectivity index is 2.90. The van der Waals surface area contributed by atoms with Crippen molar-refractivity contribution in [3.8, 4) is 5.88 Å². The number of anilines is 1. The minimum absolute atomic E-state index is 0.133. The van der Waals surface area contributed by atoms with Gasteiger partial charge < -0.3 is 10.5 Å². The first-order chi connectivity index (χ1) is 5.59. The molecule has 1 rings (SSSR count). The van der Waals surface area contributed by atoms with Crippen LogP contribution in [-0.2, 0) is 0 Å². The summed E-state index contributed by atoms with van der Waals surface area (Å²) in [5, 5.41) is 0. The zero-order chi connectivity index (χ0) is 9.14. The molecule has 0 fully saturated rings. The van der Waals surface area contributed by atoms with Gasteiger partial charge in [0.15, 0.2) is 0 Å². The van der Waals surface area contributed by atoms with Gasteiger partial charge in [-0.2, -0.15) is 13.8 Å². The fourth-order valence-corrected chi connectivity index (χ4v) is 0.919. The standard InChI is InChI=1S/C6H5BrF2N2O/c7-3-1-2-4(10)11-5(3)12-6(8)9/h1-2,6H,(H2,10,11). The minimum atomic E-state index is -2.89. The molecule has 0 bridgehead atoms. The van der Waals surface area contributed by atoms with Crippen molar-refractivity contribution in [1.29, 1.82) is 0 Å². The van der Waals surface area contributed by atoms with Crippen LogP contribution in [0.2, 0.25) is 0 Å². The van der Waals surface area contributed by atoms with Gasteiger partial charge >= 0.3 is 6.61 Å². The van der Waals surface area contributed by atoms with Crippen LogP contribution in [-0.4, -0.2) is 11.6 Å². The van der Waals surface area contributed by atoms with Crippen molar-refractivity contribution in [2.45, 2.75) is 6.61 Å². The van der Waals surface area contributed by atoms with Crippen LogP contribution in [0.5, 0.6) is 5.88 Å². The number of aromatic nitrogens is 1. The molecule has 6 heteroatoms. The molecule has 1 aromatic rings. The van der Waals surface area contributed by atoms with E-state index in [9.17, 15) is 8.78 Å². The first-order valence-electron chi connectivity index (χ1n) is 2.96. The zero-order valence-corrected chi connectivity index (χ0v) is 7.38. The van der Waals surface area contributed by atoms with Gasteiger partial charge in [-0.05, 0) is 28.1 Å². The third-order valence-electron chi connectivity index (χ3n) is 1.04. The van der Waals surface area contributed by atoms with E-state index >= 15 is 0 Å². The van der Waals surface area contributed by atoms with Crippen molar-refractivity contribution in [1.82, 2.24) is 4.98 Å². The first kappa shape index (κ1) is 9.18. The summed E-state index contributed by atoms with van der Waals surface area (Å²) in [6.07, 6.45) is 0. The molecule has 0 unspecified atom stereocenters. The van der Waals surface area contributed by atoms with Crippen LogP contribution < -0.4 is 10.5 Å². The van der Waals surface area contributed by atoms with Gasteiger partial charge in [0.05, 0.1) is 4.47 Å². The average Bonchev–Trinajstić information content (AvgIpc) is 1.96. The van der Waals surface area contributed by atoms with Crippen LogP contribution in [0.3, 0.4) is 0 Å². The third-order valence-corrected chi connectivity index (χ3v) is 1.64. The summed E-state index contributed by atoms with van der Waals surface area (Å²) in [6, 6.07) is 2.96. The zero-order valence-electron chi connectivity index (χ0n) is 5.80. The van der Waals surface area contributed by atoms with Crippen molar-refractivity contribution in [2.24, 2.45) is 0 Å². The predicted octanol–water partition coefficient (Wildman–Crippen LogP) is 2.03. The van der Waals surface area contributed by atoms with E-state index in [4.69, 9.17) is 5.73 Å². The van der Waals surface area contributed by atoms with E-state index in [0.29, 0.717) is 4.47 Å². The number of nitrogens with zero attached hydrogens (tertiary/aromatic N) is 1. The highest BCUT2D eigenvalue weighted by Gasteiger charge is 2.09. The summed E-state index contributed by atoms with van der Waals surface area (Å²) in [6.45, 7) is -2.89. The maximum atomic E-state index is 11.7. The van der Waals surface area contributed by atoms with Crippen LogP contribution in [0.25, 0.3) is 0 Å². The van der Waals surface area contributed by atoms with E-state index in [1.807, 2.05) is 0 Å². The number of nitrogens with two attached hydrogens (primary N) is 1. The normalized spacial score (nSPS) is 10.3. The van der Waals surface area contributed by atoms with Crippen LogP contribution in [0, 0.1) is 0 Å². The van der Waals surface area contributed by atoms with Gasteiger partial charge in [0.1, 0.15) is 5.82 Å². The maximum absolute atomic E-state index is 11.7. The van der Waals surface area contributed by atoms with E-state index in [-0.39, 0.29) is 11.7 Å². The van der Waals surface area contributed by atoms with E-state index in [2.05, 4.69) is 25.7 Å². The Kier molecular flexibility index (Phi) is 2.80. The summed E-state index contributed by atoms with van der Waals surface area (Å²) in [5.41, 5.74) is 5.25. The van der Waals surface area contributed by atoms with Gasteiger partial charge in [0, 0.05) is 0 Å². The monoisotopic (exact) mass is 238 g/mol. The number of halogens is 3. The number of rotatable bonds is 2. The van der Waals surface area contributed by atoms with Crippen LogP contribution in [0.4, 0.5) is 14.6 Å². The number of hydrogen-bond acceptors (Lipinski definition) is 3. The van der Waals surface area contributed by atoms with E-state index in [1.165, 1.54) is 12.1 Å². The van der Waals surface area contributed by atoms with E-state index in [0.717, 1.165) is 0 Å². The Morgan fingerprint density at radius 2 is 2.17 bits per heavy atom. The summed E-state index contributed by atoms with van der Waals surface area (Å²) in [5.74, 6) is -0.0705. The van der Waals surface area contributed by atoms with Gasteiger partial charge in [0.25, 0.3) is 0 Å². The summed E-state index contributed by atoms with van der Waals surface area (Å²) < 4.78 is 27.8. The molecule has 1 aromatic heterocycles.